The lowest BCUT2D eigenvalue weighted by Crippen LogP contribution is -2.09. The Balaban J connectivity index is 2.16. The Morgan fingerprint density at radius 3 is 2.33 bits per heavy atom. The zero-order chi connectivity index (χ0) is 13.7. The molecule has 1 aromatic heterocycles. The fraction of sp³-hybridized carbons (Fsp3) is 0.692. The summed E-state index contributed by atoms with van der Waals surface area (Å²) in [4.78, 5) is 16.5. The van der Waals surface area contributed by atoms with Crippen LogP contribution in [0.5, 0.6) is 0 Å². The summed E-state index contributed by atoms with van der Waals surface area (Å²) in [6, 6.07) is 0.390. The van der Waals surface area contributed by atoms with Gasteiger partial charge in [0.25, 0.3) is 0 Å². The van der Waals surface area contributed by atoms with Gasteiger partial charge in [-0.15, -0.1) is 0 Å². The number of hydrogen-bond donors (Lipinski definition) is 1. The molecule has 2 rings (SSSR count). The van der Waals surface area contributed by atoms with Crippen LogP contribution in [0.25, 0.3) is 0 Å². The van der Waals surface area contributed by atoms with Crippen molar-refractivity contribution in [3.8, 4) is 0 Å². The molecule has 1 aromatic rings. The average Bonchev–Trinajstić information content (AvgIpc) is 2.63. The maximum atomic E-state index is 11.5. The second-order valence-electron chi connectivity index (χ2n) is 5.95. The summed E-state index contributed by atoms with van der Waals surface area (Å²) in [7, 11) is 1.39. The molecule has 0 atom stereocenters. The van der Waals surface area contributed by atoms with Crippen LogP contribution in [0.15, 0.2) is 0 Å². The average molecular weight is 268 g/mol. The molecule has 0 unspecified atom stereocenters. The first kappa shape index (κ1) is 13.3. The zero-order valence-electron chi connectivity index (χ0n) is 11.7. The van der Waals surface area contributed by atoms with Crippen LogP contribution >= 0.6 is 11.3 Å². The van der Waals surface area contributed by atoms with Crippen molar-refractivity contribution in [1.82, 2.24) is 4.98 Å². The minimum atomic E-state index is -0.313. The smallest absolute Gasteiger partial charge is 0.350 e. The van der Waals surface area contributed by atoms with E-state index in [-0.39, 0.29) is 16.8 Å². The highest BCUT2D eigenvalue weighted by Gasteiger charge is 2.65. The van der Waals surface area contributed by atoms with E-state index < -0.39 is 0 Å². The number of hydrogen-bond acceptors (Lipinski definition) is 5. The van der Waals surface area contributed by atoms with E-state index in [1.54, 1.807) is 0 Å². The number of nitrogens with zero attached hydrogens (tertiary/aromatic N) is 1. The largest absolute Gasteiger partial charge is 0.465 e. The van der Waals surface area contributed by atoms with Crippen LogP contribution in [0.4, 0.5) is 5.13 Å². The van der Waals surface area contributed by atoms with Crippen molar-refractivity contribution in [1.29, 1.82) is 0 Å². The number of esters is 1. The predicted molar refractivity (Wildman–Crippen MR) is 73.2 cm³/mol. The highest BCUT2D eigenvalue weighted by molar-refractivity contribution is 7.17. The molecule has 0 aromatic carbocycles. The molecule has 1 saturated carbocycles. The van der Waals surface area contributed by atoms with Gasteiger partial charge in [0.1, 0.15) is 4.88 Å². The van der Waals surface area contributed by atoms with Crippen molar-refractivity contribution in [2.75, 3.05) is 12.4 Å². The van der Waals surface area contributed by atoms with E-state index in [0.717, 1.165) is 10.8 Å². The number of aryl methyl sites for hydroxylation is 1. The summed E-state index contributed by atoms with van der Waals surface area (Å²) < 4.78 is 4.74. The van der Waals surface area contributed by atoms with Gasteiger partial charge in [0.05, 0.1) is 12.8 Å². The number of aromatic nitrogens is 1. The Bertz CT molecular complexity index is 477. The first-order valence-electron chi connectivity index (χ1n) is 6.04. The monoisotopic (exact) mass is 268 g/mol. The quantitative estimate of drug-likeness (QED) is 0.856. The summed E-state index contributed by atoms with van der Waals surface area (Å²) in [6.07, 6.45) is 0. The van der Waals surface area contributed by atoms with Crippen molar-refractivity contribution in [3.63, 3.8) is 0 Å². The van der Waals surface area contributed by atoms with Crippen molar-refractivity contribution >= 4 is 22.4 Å². The maximum absolute atomic E-state index is 11.5. The van der Waals surface area contributed by atoms with Crippen molar-refractivity contribution in [2.45, 2.75) is 40.7 Å². The van der Waals surface area contributed by atoms with Crippen LogP contribution in [0.1, 0.15) is 43.1 Å². The van der Waals surface area contributed by atoms with E-state index in [0.29, 0.717) is 10.9 Å². The SMILES string of the molecule is COC(=O)c1sc(NC2C(C)(C)C2(C)C)nc1C. The second kappa shape index (κ2) is 3.95. The summed E-state index contributed by atoms with van der Waals surface area (Å²) in [5.74, 6) is -0.313. The fourth-order valence-electron chi connectivity index (χ4n) is 2.42. The number of rotatable bonds is 3. The molecule has 1 fully saturated rings. The Kier molecular flexibility index (Phi) is 2.93. The minimum Gasteiger partial charge on any atom is -0.465 e. The van der Waals surface area contributed by atoms with Gasteiger partial charge < -0.3 is 10.1 Å². The molecule has 4 nitrogen and oxygen atoms in total. The molecule has 1 aliphatic rings. The molecule has 18 heavy (non-hydrogen) atoms. The number of carbonyl (C=O) groups is 1. The molecular formula is C13H20N2O2S. The van der Waals surface area contributed by atoms with Crippen LogP contribution in [-0.2, 0) is 4.74 Å². The topological polar surface area (TPSA) is 51.2 Å². The van der Waals surface area contributed by atoms with Crippen LogP contribution in [-0.4, -0.2) is 24.1 Å². The zero-order valence-corrected chi connectivity index (χ0v) is 12.6. The molecule has 0 aliphatic heterocycles. The fourth-order valence-corrected chi connectivity index (χ4v) is 3.33. The second-order valence-corrected chi connectivity index (χ2v) is 6.94. The normalized spacial score (nSPS) is 20.6. The first-order valence-corrected chi connectivity index (χ1v) is 6.85. The summed E-state index contributed by atoms with van der Waals surface area (Å²) in [6.45, 7) is 10.8. The molecular weight excluding hydrogens is 248 g/mol. The standard InChI is InChI=1S/C13H20N2O2S/c1-7-8(9(16)17-6)18-11(14-7)15-10-12(2,3)13(10,4)5/h10H,1-6H3,(H,14,15). The van der Waals surface area contributed by atoms with Gasteiger partial charge in [0.2, 0.25) is 0 Å². The Morgan fingerprint density at radius 1 is 1.33 bits per heavy atom. The summed E-state index contributed by atoms with van der Waals surface area (Å²) in [5.41, 5.74) is 1.22. The lowest BCUT2D eigenvalue weighted by molar-refractivity contribution is 0.0605. The molecule has 0 bridgehead atoms. The van der Waals surface area contributed by atoms with Crippen molar-refractivity contribution < 1.29 is 9.53 Å². The molecule has 0 saturated heterocycles. The van der Waals surface area contributed by atoms with E-state index >= 15 is 0 Å². The van der Waals surface area contributed by atoms with Gasteiger partial charge in [-0.2, -0.15) is 0 Å². The third kappa shape index (κ3) is 1.81. The molecule has 1 N–H and O–H groups in total. The Labute approximate surface area is 112 Å². The number of carbonyl (C=O) groups excluding carboxylic acids is 1. The van der Waals surface area contributed by atoms with E-state index in [4.69, 9.17) is 4.74 Å². The van der Waals surface area contributed by atoms with Crippen molar-refractivity contribution in [2.24, 2.45) is 10.8 Å². The third-order valence-electron chi connectivity index (χ3n) is 4.46. The molecule has 0 radical (unpaired) electrons. The first-order chi connectivity index (χ1) is 8.21. The van der Waals surface area contributed by atoms with Gasteiger partial charge >= 0.3 is 5.97 Å². The van der Waals surface area contributed by atoms with Crippen LogP contribution in [0, 0.1) is 17.8 Å². The molecule has 0 spiro atoms. The van der Waals surface area contributed by atoms with Gasteiger partial charge in [0, 0.05) is 6.04 Å². The molecule has 1 heterocycles. The third-order valence-corrected chi connectivity index (χ3v) is 5.52. The van der Waals surface area contributed by atoms with Gasteiger partial charge in [0.15, 0.2) is 5.13 Å². The number of ether oxygens (including phenoxy) is 1. The highest BCUT2D eigenvalue weighted by Crippen LogP contribution is 2.63. The summed E-state index contributed by atoms with van der Waals surface area (Å²) >= 11 is 1.37. The molecule has 0 amide bonds. The molecule has 1 aliphatic carbocycles. The molecule has 5 heteroatoms. The summed E-state index contributed by atoms with van der Waals surface area (Å²) in [5, 5.41) is 4.24. The lowest BCUT2D eigenvalue weighted by Gasteiger charge is -2.03. The Morgan fingerprint density at radius 2 is 1.89 bits per heavy atom. The van der Waals surface area contributed by atoms with Gasteiger partial charge in [-0.05, 0) is 17.8 Å². The van der Waals surface area contributed by atoms with E-state index in [9.17, 15) is 4.79 Å². The minimum absolute atomic E-state index is 0.248. The number of anilines is 1. The van der Waals surface area contributed by atoms with Crippen LogP contribution in [0.2, 0.25) is 0 Å². The van der Waals surface area contributed by atoms with E-state index in [1.165, 1.54) is 18.4 Å². The lowest BCUT2D eigenvalue weighted by atomic mass is 10.0. The van der Waals surface area contributed by atoms with Gasteiger partial charge in [-0.1, -0.05) is 39.0 Å². The number of nitrogens with one attached hydrogen (secondary N) is 1. The van der Waals surface area contributed by atoms with Gasteiger partial charge in [-0.25, -0.2) is 9.78 Å². The molecule has 100 valence electrons. The highest BCUT2D eigenvalue weighted by atomic mass is 32.1. The van der Waals surface area contributed by atoms with Crippen LogP contribution < -0.4 is 5.32 Å². The van der Waals surface area contributed by atoms with Gasteiger partial charge in [-0.3, -0.25) is 0 Å². The number of methoxy groups -OCH3 is 1. The van der Waals surface area contributed by atoms with Crippen LogP contribution in [0.3, 0.4) is 0 Å². The maximum Gasteiger partial charge on any atom is 0.350 e. The predicted octanol–water partition coefficient (Wildman–Crippen LogP) is 3.08. The Hall–Kier alpha value is -1.10. The van der Waals surface area contributed by atoms with Crippen molar-refractivity contribution in [3.05, 3.63) is 10.6 Å². The van der Waals surface area contributed by atoms with E-state index in [1.807, 2.05) is 6.92 Å². The van der Waals surface area contributed by atoms with E-state index in [2.05, 4.69) is 38.0 Å². The number of thiazole rings is 1.